The number of Topliss-reactive ketones (excluding diaryl/α,β-unsaturated/α-hetero) is 2. The molecule has 5 rings (SSSR count). The number of ether oxygens (including phenoxy) is 1. The molecule has 0 unspecified atom stereocenters. The maximum Gasteiger partial charge on any atom is 0.222 e. The number of ketones is 2. The van der Waals surface area contributed by atoms with E-state index in [-0.39, 0.29) is 35.2 Å². The van der Waals surface area contributed by atoms with Gasteiger partial charge in [0.05, 0.1) is 11.8 Å². The Hall–Kier alpha value is -1.81. The molecule has 6 atom stereocenters. The van der Waals surface area contributed by atoms with Crippen LogP contribution in [-0.4, -0.2) is 30.1 Å². The first-order valence-electron chi connectivity index (χ1n) is 7.77. The zero-order valence-corrected chi connectivity index (χ0v) is 12.9. The van der Waals surface area contributed by atoms with Gasteiger partial charge in [-0.1, -0.05) is 37.3 Å². The van der Waals surface area contributed by atoms with Crippen molar-refractivity contribution in [2.45, 2.75) is 25.5 Å². The van der Waals surface area contributed by atoms with Gasteiger partial charge in [-0.05, 0) is 18.4 Å². The molecule has 0 radical (unpaired) electrons. The van der Waals surface area contributed by atoms with Crippen LogP contribution in [0.5, 0.6) is 0 Å². The molecule has 1 aromatic rings. The van der Waals surface area contributed by atoms with Crippen molar-refractivity contribution in [2.24, 2.45) is 28.7 Å². The van der Waals surface area contributed by atoms with Gasteiger partial charge in [-0.15, -0.1) is 0 Å². The number of nitrogens with zero attached hydrogens (tertiary/aromatic N) is 1. The van der Waals surface area contributed by atoms with E-state index in [9.17, 15) is 9.59 Å². The Kier molecular flexibility index (Phi) is 2.74. The van der Waals surface area contributed by atoms with Crippen molar-refractivity contribution >= 4 is 17.3 Å². The van der Waals surface area contributed by atoms with E-state index in [4.69, 9.17) is 4.74 Å². The molecule has 0 aromatic heterocycles. The summed E-state index contributed by atoms with van der Waals surface area (Å²) in [5.74, 6) is -1.06. The number of benzene rings is 1. The zero-order chi connectivity index (χ0) is 15.6. The minimum absolute atomic E-state index is 0.0355. The van der Waals surface area contributed by atoms with Crippen LogP contribution in [0.15, 0.2) is 35.3 Å². The molecule has 4 bridgehead atoms. The molecule has 1 aliphatic heterocycles. The van der Waals surface area contributed by atoms with Gasteiger partial charge >= 0.3 is 0 Å². The van der Waals surface area contributed by atoms with E-state index < -0.39 is 11.6 Å². The number of hydrogen-bond donors (Lipinski definition) is 0. The third-order valence-corrected chi connectivity index (χ3v) is 5.84. The standard InChI is InChI=1S/C18H19NO3/c1-9-12(11-7-5-4-6-8-11)14-16(20)13-10(2)19-18(22-3,15(9)13)17(14)21/h4-9,12-15H,1-3H3/t9-,12+,13+,14-,15+,18+/m0/s1. The Balaban J connectivity index is 1.89. The summed E-state index contributed by atoms with van der Waals surface area (Å²) in [6.45, 7) is 3.98. The Morgan fingerprint density at radius 3 is 2.45 bits per heavy atom. The fourth-order valence-corrected chi connectivity index (χ4v) is 5.02. The van der Waals surface area contributed by atoms with Crippen LogP contribution in [-0.2, 0) is 14.3 Å². The molecule has 22 heavy (non-hydrogen) atoms. The molecular formula is C18H19NO3. The molecule has 0 spiro atoms. The van der Waals surface area contributed by atoms with Crippen LogP contribution in [0.2, 0.25) is 0 Å². The van der Waals surface area contributed by atoms with E-state index in [1.165, 1.54) is 7.11 Å². The number of methoxy groups -OCH3 is 1. The van der Waals surface area contributed by atoms with Crippen molar-refractivity contribution < 1.29 is 14.3 Å². The lowest BCUT2D eigenvalue weighted by Gasteiger charge is -2.53. The third kappa shape index (κ3) is 1.39. The van der Waals surface area contributed by atoms with Gasteiger partial charge in [0.1, 0.15) is 0 Å². The lowest BCUT2D eigenvalue weighted by molar-refractivity contribution is -0.180. The van der Waals surface area contributed by atoms with Crippen LogP contribution in [0.25, 0.3) is 0 Å². The average molecular weight is 297 g/mol. The molecule has 0 N–H and O–H groups in total. The maximum atomic E-state index is 13.0. The number of hydrogen-bond acceptors (Lipinski definition) is 4. The fourth-order valence-electron chi connectivity index (χ4n) is 5.02. The first kappa shape index (κ1) is 13.8. The van der Waals surface area contributed by atoms with Crippen LogP contribution < -0.4 is 0 Å². The van der Waals surface area contributed by atoms with Crippen LogP contribution >= 0.6 is 0 Å². The van der Waals surface area contributed by atoms with Crippen LogP contribution in [0.1, 0.15) is 25.3 Å². The Morgan fingerprint density at radius 2 is 1.82 bits per heavy atom. The molecule has 3 aliphatic carbocycles. The molecule has 3 fully saturated rings. The molecule has 114 valence electrons. The van der Waals surface area contributed by atoms with Crippen molar-refractivity contribution in [2.75, 3.05) is 7.11 Å². The second kappa shape index (κ2) is 4.35. The molecule has 4 nitrogen and oxygen atoms in total. The van der Waals surface area contributed by atoms with Crippen molar-refractivity contribution in [3.8, 4) is 0 Å². The number of rotatable bonds is 2. The molecule has 4 heteroatoms. The summed E-state index contributed by atoms with van der Waals surface area (Å²) in [6, 6.07) is 9.89. The summed E-state index contributed by atoms with van der Waals surface area (Å²) in [4.78, 5) is 30.4. The summed E-state index contributed by atoms with van der Waals surface area (Å²) in [5, 5.41) is 0. The zero-order valence-electron chi connectivity index (χ0n) is 12.9. The fraction of sp³-hybridized carbons (Fsp3) is 0.500. The largest absolute Gasteiger partial charge is 0.350 e. The lowest BCUT2D eigenvalue weighted by Crippen LogP contribution is -2.65. The first-order chi connectivity index (χ1) is 10.5. The van der Waals surface area contributed by atoms with Gasteiger partial charge in [0.2, 0.25) is 5.72 Å². The van der Waals surface area contributed by atoms with Gasteiger partial charge in [-0.25, -0.2) is 0 Å². The summed E-state index contributed by atoms with van der Waals surface area (Å²) in [7, 11) is 1.53. The summed E-state index contributed by atoms with van der Waals surface area (Å²) in [6.07, 6.45) is 0. The minimum Gasteiger partial charge on any atom is -0.350 e. The molecule has 0 amide bonds. The van der Waals surface area contributed by atoms with E-state index in [1.807, 2.05) is 37.3 Å². The van der Waals surface area contributed by atoms with Crippen molar-refractivity contribution in [1.29, 1.82) is 0 Å². The Labute approximate surface area is 129 Å². The SMILES string of the molecule is CO[C@@]12N=C(C)[C@H]3C(=O)[C@@H](C1=O)[C@@H](c1ccccc1)[C@H](C)[C@H]32. The highest BCUT2D eigenvalue weighted by Crippen LogP contribution is 2.60. The molecule has 3 saturated carbocycles. The van der Waals surface area contributed by atoms with Crippen molar-refractivity contribution in [3.05, 3.63) is 35.9 Å². The molecule has 1 aromatic carbocycles. The topological polar surface area (TPSA) is 55.7 Å². The van der Waals surface area contributed by atoms with Gasteiger partial charge in [0.25, 0.3) is 0 Å². The number of aliphatic imine (C=N–C) groups is 1. The average Bonchev–Trinajstić information content (AvgIpc) is 2.81. The predicted molar refractivity (Wildman–Crippen MR) is 81.7 cm³/mol. The highest BCUT2D eigenvalue weighted by molar-refractivity contribution is 6.22. The normalized spacial score (nSPS) is 42.7. The van der Waals surface area contributed by atoms with E-state index in [0.717, 1.165) is 11.3 Å². The van der Waals surface area contributed by atoms with Gasteiger partial charge in [0.15, 0.2) is 11.6 Å². The highest BCUT2D eigenvalue weighted by atomic mass is 16.5. The summed E-state index contributed by atoms with van der Waals surface area (Å²) in [5.41, 5.74) is 0.693. The summed E-state index contributed by atoms with van der Waals surface area (Å²) >= 11 is 0. The van der Waals surface area contributed by atoms with Crippen LogP contribution in [0, 0.1) is 23.7 Å². The smallest absolute Gasteiger partial charge is 0.222 e. The Bertz CT molecular complexity index is 696. The van der Waals surface area contributed by atoms with Gasteiger partial charge in [-0.2, -0.15) is 0 Å². The maximum absolute atomic E-state index is 13.0. The third-order valence-electron chi connectivity index (χ3n) is 5.84. The van der Waals surface area contributed by atoms with Crippen molar-refractivity contribution in [3.63, 3.8) is 0 Å². The van der Waals surface area contributed by atoms with Gasteiger partial charge in [-0.3, -0.25) is 14.6 Å². The van der Waals surface area contributed by atoms with E-state index in [2.05, 4.69) is 11.9 Å². The van der Waals surface area contributed by atoms with Crippen LogP contribution in [0.3, 0.4) is 0 Å². The van der Waals surface area contributed by atoms with Crippen LogP contribution in [0.4, 0.5) is 0 Å². The summed E-state index contributed by atoms with van der Waals surface area (Å²) < 4.78 is 5.60. The van der Waals surface area contributed by atoms with Gasteiger partial charge in [0, 0.05) is 24.7 Å². The first-order valence-corrected chi connectivity index (χ1v) is 7.77. The quantitative estimate of drug-likeness (QED) is 0.787. The number of carbonyl (C=O) groups excluding carboxylic acids is 2. The molecule has 4 aliphatic rings. The number of carbonyl (C=O) groups is 2. The van der Waals surface area contributed by atoms with E-state index in [1.54, 1.807) is 0 Å². The monoisotopic (exact) mass is 297 g/mol. The molecule has 0 saturated heterocycles. The highest BCUT2D eigenvalue weighted by Gasteiger charge is 2.72. The molecule has 1 heterocycles. The predicted octanol–water partition coefficient (Wildman–Crippen LogP) is 2.24. The van der Waals surface area contributed by atoms with Crippen molar-refractivity contribution in [1.82, 2.24) is 0 Å². The van der Waals surface area contributed by atoms with Gasteiger partial charge < -0.3 is 4.74 Å². The second-order valence-corrected chi connectivity index (χ2v) is 6.70. The molecular weight excluding hydrogens is 278 g/mol. The van der Waals surface area contributed by atoms with E-state index in [0.29, 0.717) is 0 Å². The second-order valence-electron chi connectivity index (χ2n) is 6.70. The van der Waals surface area contributed by atoms with E-state index >= 15 is 0 Å². The minimum atomic E-state index is -1.13. The number of fused-ring (bicyclic) bond motifs is 1. The lowest BCUT2D eigenvalue weighted by atomic mass is 9.50. The Morgan fingerprint density at radius 1 is 1.14 bits per heavy atom.